The van der Waals surface area contributed by atoms with E-state index in [2.05, 4.69) is 15.0 Å². The largest absolute Gasteiger partial charge is 0.369 e. The van der Waals surface area contributed by atoms with E-state index >= 15 is 0 Å². The average Bonchev–Trinajstić information content (AvgIpc) is 3.08. The Labute approximate surface area is 169 Å². The average molecular weight is 434 g/mol. The number of primary amides is 1. The molecule has 0 saturated heterocycles. The van der Waals surface area contributed by atoms with Crippen molar-refractivity contribution in [3.63, 3.8) is 0 Å². The van der Waals surface area contributed by atoms with Gasteiger partial charge in [0.25, 0.3) is 15.9 Å². The number of hydrogen-bond acceptors (Lipinski definition) is 6. The molecule has 8 nitrogen and oxygen atoms in total. The van der Waals surface area contributed by atoms with Crippen molar-refractivity contribution >= 4 is 44.0 Å². The summed E-state index contributed by atoms with van der Waals surface area (Å²) in [5, 5.41) is 4.38. The first-order valence-corrected chi connectivity index (χ1v) is 10.5. The monoisotopic (exact) mass is 434 g/mol. The molecule has 0 saturated carbocycles. The van der Waals surface area contributed by atoms with Gasteiger partial charge in [0.1, 0.15) is 5.82 Å². The first-order valence-electron chi connectivity index (χ1n) is 8.16. The van der Waals surface area contributed by atoms with Gasteiger partial charge in [0.15, 0.2) is 5.13 Å². The molecule has 3 rings (SSSR count). The van der Waals surface area contributed by atoms with Gasteiger partial charge in [0, 0.05) is 5.38 Å². The van der Waals surface area contributed by atoms with Crippen LogP contribution in [0.25, 0.3) is 0 Å². The molecule has 1 heterocycles. The van der Waals surface area contributed by atoms with Gasteiger partial charge >= 0.3 is 0 Å². The maximum absolute atomic E-state index is 13.1. The van der Waals surface area contributed by atoms with Crippen LogP contribution in [0.15, 0.2) is 58.8 Å². The first kappa shape index (κ1) is 20.4. The molecule has 2 amide bonds. The zero-order valence-corrected chi connectivity index (χ0v) is 16.4. The molecular formula is C18H15FN4O4S2. The van der Waals surface area contributed by atoms with Crippen LogP contribution in [0.1, 0.15) is 16.1 Å². The van der Waals surface area contributed by atoms with Gasteiger partial charge in [-0.2, -0.15) is 0 Å². The number of rotatable bonds is 7. The van der Waals surface area contributed by atoms with Crippen molar-refractivity contribution in [3.8, 4) is 0 Å². The lowest BCUT2D eigenvalue weighted by Crippen LogP contribution is -2.18. The summed E-state index contributed by atoms with van der Waals surface area (Å²) in [6.45, 7) is 0. The van der Waals surface area contributed by atoms with Crippen LogP contribution < -0.4 is 15.8 Å². The lowest BCUT2D eigenvalue weighted by Gasteiger charge is -2.12. The van der Waals surface area contributed by atoms with E-state index < -0.39 is 27.7 Å². The topological polar surface area (TPSA) is 131 Å². The standard InChI is InChI=1S/C18H15FN4O4S2/c19-11-5-7-13(8-6-11)29(26,27)23-15-4-2-1-3-14(15)17(25)22-18-21-12(10-28-18)9-16(20)24/h1-8,10,23H,9H2,(H2,20,24)(H,21,22,25). The van der Waals surface area contributed by atoms with E-state index in [1.54, 1.807) is 17.5 Å². The summed E-state index contributed by atoms with van der Waals surface area (Å²) >= 11 is 1.11. The molecule has 3 aromatic rings. The summed E-state index contributed by atoms with van der Waals surface area (Å²) < 4.78 is 40.4. The van der Waals surface area contributed by atoms with E-state index in [1.165, 1.54) is 12.1 Å². The lowest BCUT2D eigenvalue weighted by molar-refractivity contribution is -0.117. The smallest absolute Gasteiger partial charge is 0.261 e. The van der Waals surface area contributed by atoms with Gasteiger partial charge < -0.3 is 5.73 Å². The van der Waals surface area contributed by atoms with Crippen molar-refractivity contribution in [1.29, 1.82) is 0 Å². The number of benzene rings is 2. The zero-order valence-electron chi connectivity index (χ0n) is 14.8. The molecule has 0 aliphatic carbocycles. The molecule has 11 heteroatoms. The van der Waals surface area contributed by atoms with Crippen molar-refractivity contribution in [2.24, 2.45) is 5.73 Å². The summed E-state index contributed by atoms with van der Waals surface area (Å²) in [7, 11) is -4.03. The van der Waals surface area contributed by atoms with Crippen LogP contribution in [-0.2, 0) is 21.2 Å². The molecule has 0 spiro atoms. The minimum Gasteiger partial charge on any atom is -0.369 e. The Morgan fingerprint density at radius 2 is 1.79 bits per heavy atom. The summed E-state index contributed by atoms with van der Waals surface area (Å²) in [6.07, 6.45) is -0.0551. The second-order valence-electron chi connectivity index (χ2n) is 5.85. The van der Waals surface area contributed by atoms with Crippen LogP contribution >= 0.6 is 11.3 Å². The van der Waals surface area contributed by atoms with Gasteiger partial charge in [-0.05, 0) is 36.4 Å². The SMILES string of the molecule is NC(=O)Cc1csc(NC(=O)c2ccccc2NS(=O)(=O)c2ccc(F)cc2)n1. The van der Waals surface area contributed by atoms with E-state index in [0.717, 1.165) is 35.6 Å². The van der Waals surface area contributed by atoms with Crippen LogP contribution in [0.2, 0.25) is 0 Å². The minimum atomic E-state index is -4.03. The van der Waals surface area contributed by atoms with Crippen molar-refractivity contribution in [3.05, 3.63) is 71.0 Å². The molecule has 29 heavy (non-hydrogen) atoms. The van der Waals surface area contributed by atoms with E-state index in [0.29, 0.717) is 5.69 Å². The van der Waals surface area contributed by atoms with Gasteiger partial charge in [-0.3, -0.25) is 19.6 Å². The fraction of sp³-hybridized carbons (Fsp3) is 0.0556. The third kappa shape index (κ3) is 5.15. The van der Waals surface area contributed by atoms with Gasteiger partial charge in [-0.1, -0.05) is 12.1 Å². The third-order valence-corrected chi connectivity index (χ3v) is 5.86. The highest BCUT2D eigenvalue weighted by molar-refractivity contribution is 7.92. The Balaban J connectivity index is 1.81. The molecular weight excluding hydrogens is 419 g/mol. The number of nitrogens with two attached hydrogens (primary N) is 1. The van der Waals surface area contributed by atoms with Gasteiger partial charge in [0.05, 0.1) is 28.3 Å². The van der Waals surface area contributed by atoms with Crippen LogP contribution in [-0.4, -0.2) is 25.2 Å². The Bertz CT molecular complexity index is 1160. The number of sulfonamides is 1. The predicted octanol–water partition coefficient (Wildman–Crippen LogP) is 2.36. The molecule has 0 aliphatic rings. The Morgan fingerprint density at radius 1 is 1.10 bits per heavy atom. The Kier molecular flexibility index (Phi) is 5.89. The number of hydrogen-bond donors (Lipinski definition) is 3. The highest BCUT2D eigenvalue weighted by Crippen LogP contribution is 2.23. The number of halogens is 1. The summed E-state index contributed by atoms with van der Waals surface area (Å²) in [5.41, 5.74) is 5.64. The Hall–Kier alpha value is -3.31. The molecule has 1 aromatic heterocycles. The number of nitrogens with zero attached hydrogens (tertiary/aromatic N) is 1. The molecule has 0 fully saturated rings. The van der Waals surface area contributed by atoms with E-state index in [4.69, 9.17) is 5.73 Å². The molecule has 0 aliphatic heterocycles. The molecule has 0 unspecified atom stereocenters. The van der Waals surface area contributed by atoms with E-state index in [-0.39, 0.29) is 27.7 Å². The summed E-state index contributed by atoms with van der Waals surface area (Å²) in [5.74, 6) is -1.71. The number of anilines is 2. The van der Waals surface area contributed by atoms with E-state index in [1.807, 2.05) is 0 Å². The second kappa shape index (κ2) is 8.37. The number of amides is 2. The zero-order chi connectivity index (χ0) is 21.0. The van der Waals surface area contributed by atoms with Gasteiger partial charge in [0.2, 0.25) is 5.91 Å². The Morgan fingerprint density at radius 3 is 2.48 bits per heavy atom. The van der Waals surface area contributed by atoms with E-state index in [9.17, 15) is 22.4 Å². The summed E-state index contributed by atoms with van der Waals surface area (Å²) in [6, 6.07) is 10.3. The maximum Gasteiger partial charge on any atom is 0.261 e. The number of thiazole rings is 1. The number of nitrogens with one attached hydrogen (secondary N) is 2. The van der Waals surface area contributed by atoms with Crippen molar-refractivity contribution in [1.82, 2.24) is 4.98 Å². The third-order valence-electron chi connectivity index (χ3n) is 3.67. The fourth-order valence-corrected chi connectivity index (χ4v) is 4.16. The van der Waals surface area contributed by atoms with Gasteiger partial charge in [-0.15, -0.1) is 11.3 Å². The minimum absolute atomic E-state index is 0.0447. The normalized spacial score (nSPS) is 11.1. The molecule has 0 radical (unpaired) electrons. The highest BCUT2D eigenvalue weighted by atomic mass is 32.2. The summed E-state index contributed by atoms with van der Waals surface area (Å²) in [4.78, 5) is 27.5. The van der Waals surface area contributed by atoms with Crippen molar-refractivity contribution in [2.75, 3.05) is 10.0 Å². The maximum atomic E-state index is 13.1. The van der Waals surface area contributed by atoms with Gasteiger partial charge in [-0.25, -0.2) is 17.8 Å². The van der Waals surface area contributed by atoms with Crippen LogP contribution in [0, 0.1) is 5.82 Å². The quantitative estimate of drug-likeness (QED) is 0.525. The van der Waals surface area contributed by atoms with Crippen LogP contribution in [0.3, 0.4) is 0 Å². The highest BCUT2D eigenvalue weighted by Gasteiger charge is 2.19. The predicted molar refractivity (Wildman–Crippen MR) is 107 cm³/mol. The van der Waals surface area contributed by atoms with Crippen molar-refractivity contribution in [2.45, 2.75) is 11.3 Å². The molecule has 0 atom stereocenters. The van der Waals surface area contributed by atoms with Crippen LogP contribution in [0.5, 0.6) is 0 Å². The molecule has 2 aromatic carbocycles. The number of aromatic nitrogens is 1. The van der Waals surface area contributed by atoms with Crippen LogP contribution in [0.4, 0.5) is 15.2 Å². The number of carbonyl (C=O) groups excluding carboxylic acids is 2. The van der Waals surface area contributed by atoms with Crippen molar-refractivity contribution < 1.29 is 22.4 Å². The molecule has 150 valence electrons. The fourth-order valence-electron chi connectivity index (χ4n) is 2.38. The number of para-hydroxylation sites is 1. The first-order chi connectivity index (χ1) is 13.7. The number of carbonyl (C=O) groups is 2. The second-order valence-corrected chi connectivity index (χ2v) is 8.39. The molecule has 4 N–H and O–H groups in total. The molecule has 0 bridgehead atoms. The lowest BCUT2D eigenvalue weighted by atomic mass is 10.2.